The first kappa shape index (κ1) is 22.2. The molecule has 0 aliphatic rings. The second-order valence-corrected chi connectivity index (χ2v) is 8.59. The number of pyridine rings is 1. The van der Waals surface area contributed by atoms with Gasteiger partial charge in [0.05, 0.1) is 15.9 Å². The third-order valence-electron chi connectivity index (χ3n) is 5.23. The summed E-state index contributed by atoms with van der Waals surface area (Å²) in [5, 5.41) is 0.728. The number of hydrogen-bond acceptors (Lipinski definition) is 5. The molecule has 8 heteroatoms. The number of anilines is 1. The van der Waals surface area contributed by atoms with Gasteiger partial charge in [-0.3, -0.25) is 14.1 Å². The van der Waals surface area contributed by atoms with Crippen LogP contribution in [0.5, 0.6) is 0 Å². The molecule has 3 aromatic heterocycles. The van der Waals surface area contributed by atoms with Crippen molar-refractivity contribution in [3.63, 3.8) is 0 Å². The summed E-state index contributed by atoms with van der Waals surface area (Å²) >= 11 is 1.56. The molecule has 0 saturated carbocycles. The van der Waals surface area contributed by atoms with Gasteiger partial charge in [0.1, 0.15) is 11.3 Å². The molecule has 1 amide bonds. The molecule has 1 aromatic carbocycles. The molecule has 0 aliphatic carbocycles. The highest BCUT2D eigenvalue weighted by atomic mass is 35.5. The van der Waals surface area contributed by atoms with Gasteiger partial charge in [0.2, 0.25) is 0 Å². The van der Waals surface area contributed by atoms with E-state index in [1.807, 2.05) is 49.8 Å². The first-order valence-electron chi connectivity index (χ1n) is 9.64. The van der Waals surface area contributed by atoms with Gasteiger partial charge in [-0.05, 0) is 64.2 Å². The molecule has 0 radical (unpaired) electrons. The fourth-order valence-corrected chi connectivity index (χ4v) is 4.46. The fraction of sp³-hybridized carbons (Fsp3) is 0.318. The highest BCUT2D eigenvalue weighted by molar-refractivity contribution is 7.22. The smallest absolute Gasteiger partial charge is 0.279 e. The third kappa shape index (κ3) is 3.93. The van der Waals surface area contributed by atoms with E-state index >= 15 is 0 Å². The summed E-state index contributed by atoms with van der Waals surface area (Å²) in [6.07, 6.45) is 1.89. The van der Waals surface area contributed by atoms with Gasteiger partial charge in [0, 0.05) is 19.3 Å². The number of aryl methyl sites for hydroxylation is 3. The number of likely N-dealkylation sites (N-methyl/N-ethyl adjacent to an activating group) is 1. The van der Waals surface area contributed by atoms with Crippen molar-refractivity contribution in [3.05, 3.63) is 59.0 Å². The monoisotopic (exact) mass is 443 g/mol. The van der Waals surface area contributed by atoms with E-state index in [9.17, 15) is 4.79 Å². The van der Waals surface area contributed by atoms with Crippen LogP contribution in [0, 0.1) is 20.8 Å². The van der Waals surface area contributed by atoms with Crippen LogP contribution in [-0.2, 0) is 0 Å². The van der Waals surface area contributed by atoms with Gasteiger partial charge in [-0.2, -0.15) is 0 Å². The zero-order valence-corrected chi connectivity index (χ0v) is 19.5. The molecule has 0 fully saturated rings. The van der Waals surface area contributed by atoms with Crippen molar-refractivity contribution in [3.8, 4) is 0 Å². The maximum Gasteiger partial charge on any atom is 0.279 e. The van der Waals surface area contributed by atoms with E-state index in [0.29, 0.717) is 12.2 Å². The number of halogens is 1. The van der Waals surface area contributed by atoms with Gasteiger partial charge >= 0.3 is 0 Å². The number of benzene rings is 1. The molecule has 30 heavy (non-hydrogen) atoms. The van der Waals surface area contributed by atoms with Crippen LogP contribution in [0.4, 0.5) is 5.13 Å². The zero-order valence-electron chi connectivity index (χ0n) is 17.8. The SMILES string of the molecule is Cc1ccc2sc(N(CCN(C)C)C(=O)c3c(C)nc4ccccn34)nc2c1C.Cl. The van der Waals surface area contributed by atoms with Crippen LogP contribution < -0.4 is 4.90 Å². The molecule has 0 unspecified atom stereocenters. The number of carbonyl (C=O) groups excluding carboxylic acids is 1. The van der Waals surface area contributed by atoms with Crippen LogP contribution in [0.3, 0.4) is 0 Å². The average Bonchev–Trinajstić information content (AvgIpc) is 3.25. The Morgan fingerprint density at radius 1 is 1.07 bits per heavy atom. The second-order valence-electron chi connectivity index (χ2n) is 7.59. The fourth-order valence-electron chi connectivity index (χ4n) is 3.41. The second kappa shape index (κ2) is 8.71. The normalized spacial score (nSPS) is 11.3. The largest absolute Gasteiger partial charge is 0.308 e. The molecule has 4 rings (SSSR count). The predicted molar refractivity (Wildman–Crippen MR) is 127 cm³/mol. The van der Waals surface area contributed by atoms with E-state index < -0.39 is 0 Å². The van der Waals surface area contributed by atoms with Crippen LogP contribution in [0.2, 0.25) is 0 Å². The van der Waals surface area contributed by atoms with Crippen molar-refractivity contribution in [2.24, 2.45) is 0 Å². The van der Waals surface area contributed by atoms with Crippen LogP contribution in [0.25, 0.3) is 15.9 Å². The molecular formula is C22H26ClN5OS. The van der Waals surface area contributed by atoms with Crippen molar-refractivity contribution < 1.29 is 4.79 Å². The maximum absolute atomic E-state index is 13.7. The molecular weight excluding hydrogens is 418 g/mol. The number of fused-ring (bicyclic) bond motifs is 2. The first-order valence-corrected chi connectivity index (χ1v) is 10.5. The minimum Gasteiger partial charge on any atom is -0.308 e. The summed E-state index contributed by atoms with van der Waals surface area (Å²) < 4.78 is 2.96. The number of nitrogens with zero attached hydrogens (tertiary/aromatic N) is 5. The number of aromatic nitrogens is 3. The molecule has 3 heterocycles. The molecule has 4 aromatic rings. The Hall–Kier alpha value is -2.48. The number of rotatable bonds is 5. The summed E-state index contributed by atoms with van der Waals surface area (Å²) in [5.74, 6) is -0.0727. The van der Waals surface area contributed by atoms with E-state index in [0.717, 1.165) is 38.8 Å². The van der Waals surface area contributed by atoms with Crippen molar-refractivity contribution in [2.45, 2.75) is 20.8 Å². The van der Waals surface area contributed by atoms with E-state index in [1.54, 1.807) is 16.2 Å². The van der Waals surface area contributed by atoms with Crippen molar-refractivity contribution in [1.82, 2.24) is 19.3 Å². The summed E-state index contributed by atoms with van der Waals surface area (Å²) in [6, 6.07) is 9.96. The van der Waals surface area contributed by atoms with Gasteiger partial charge in [0.25, 0.3) is 5.91 Å². The highest BCUT2D eigenvalue weighted by Gasteiger charge is 2.26. The quantitative estimate of drug-likeness (QED) is 0.455. The molecule has 0 bridgehead atoms. The van der Waals surface area contributed by atoms with Gasteiger partial charge < -0.3 is 4.90 Å². The summed E-state index contributed by atoms with van der Waals surface area (Å²) in [4.78, 5) is 27.0. The molecule has 6 nitrogen and oxygen atoms in total. The summed E-state index contributed by atoms with van der Waals surface area (Å²) in [6.45, 7) is 7.36. The molecule has 0 spiro atoms. The lowest BCUT2D eigenvalue weighted by Gasteiger charge is -2.22. The Morgan fingerprint density at radius 2 is 1.83 bits per heavy atom. The number of amides is 1. The third-order valence-corrected chi connectivity index (χ3v) is 6.27. The van der Waals surface area contributed by atoms with Crippen LogP contribution in [-0.4, -0.2) is 52.4 Å². The number of carbonyl (C=O) groups is 1. The van der Waals surface area contributed by atoms with Crippen LogP contribution >= 0.6 is 23.7 Å². The van der Waals surface area contributed by atoms with Crippen molar-refractivity contribution in [1.29, 1.82) is 0 Å². The van der Waals surface area contributed by atoms with E-state index in [1.165, 1.54) is 5.56 Å². The van der Waals surface area contributed by atoms with Gasteiger partial charge in [-0.1, -0.05) is 23.5 Å². The predicted octanol–water partition coefficient (Wildman–Crippen LogP) is 4.50. The number of imidazole rings is 1. The highest BCUT2D eigenvalue weighted by Crippen LogP contribution is 2.33. The molecule has 0 saturated heterocycles. The lowest BCUT2D eigenvalue weighted by molar-refractivity contribution is 0.0979. The molecule has 0 aliphatic heterocycles. The Kier molecular flexibility index (Phi) is 6.45. The lowest BCUT2D eigenvalue weighted by Crippen LogP contribution is -2.37. The van der Waals surface area contributed by atoms with Gasteiger partial charge in [-0.15, -0.1) is 12.4 Å². The van der Waals surface area contributed by atoms with Crippen LogP contribution in [0.1, 0.15) is 27.3 Å². The van der Waals surface area contributed by atoms with E-state index in [4.69, 9.17) is 4.98 Å². The maximum atomic E-state index is 13.7. The minimum absolute atomic E-state index is 0. The number of thiazole rings is 1. The molecule has 0 atom stereocenters. The first-order chi connectivity index (χ1) is 13.9. The Labute approximate surface area is 186 Å². The Balaban J connectivity index is 0.00000256. The van der Waals surface area contributed by atoms with Gasteiger partial charge in [0.15, 0.2) is 5.13 Å². The zero-order chi connectivity index (χ0) is 20.7. The minimum atomic E-state index is -0.0727. The summed E-state index contributed by atoms with van der Waals surface area (Å²) in [7, 11) is 4.02. The lowest BCUT2D eigenvalue weighted by atomic mass is 10.1. The molecule has 158 valence electrons. The van der Waals surface area contributed by atoms with Crippen molar-refractivity contribution >= 4 is 50.6 Å². The Bertz CT molecular complexity index is 1210. The average molecular weight is 444 g/mol. The van der Waals surface area contributed by atoms with E-state index in [-0.39, 0.29) is 18.3 Å². The topological polar surface area (TPSA) is 53.7 Å². The van der Waals surface area contributed by atoms with Crippen LogP contribution in [0.15, 0.2) is 36.5 Å². The van der Waals surface area contributed by atoms with Crippen molar-refractivity contribution in [2.75, 3.05) is 32.1 Å². The number of hydrogen-bond donors (Lipinski definition) is 0. The Morgan fingerprint density at radius 3 is 2.57 bits per heavy atom. The summed E-state index contributed by atoms with van der Waals surface area (Å²) in [5.41, 5.74) is 5.43. The molecule has 0 N–H and O–H groups in total. The van der Waals surface area contributed by atoms with Gasteiger partial charge in [-0.25, -0.2) is 9.97 Å². The standard InChI is InChI=1S/C22H25N5OS.ClH/c1-14-9-10-17-19(15(14)2)24-22(29-17)27(13-12-25(4)5)21(28)20-16(3)23-18-8-6-7-11-26(18)20;/h6-11H,12-13H2,1-5H3;1H. The van der Waals surface area contributed by atoms with E-state index in [2.05, 4.69) is 35.9 Å².